The first-order valence-electron chi connectivity index (χ1n) is 20.5. The third kappa shape index (κ3) is 31.9. The molecule has 0 radical (unpaired) electrons. The molecule has 0 aromatic heterocycles. The van der Waals surface area contributed by atoms with Crippen molar-refractivity contribution in [3.05, 3.63) is 0 Å². The van der Waals surface area contributed by atoms with E-state index in [0.717, 1.165) is 45.1 Å². The molecule has 280 valence electrons. The van der Waals surface area contributed by atoms with Gasteiger partial charge >= 0.3 is 11.9 Å². The lowest BCUT2D eigenvalue weighted by atomic mass is 10.0. The van der Waals surface area contributed by atoms with Crippen LogP contribution in [0.5, 0.6) is 0 Å². The first-order valence-corrected chi connectivity index (χ1v) is 20.5. The Balaban J connectivity index is 4.00. The van der Waals surface area contributed by atoms with E-state index >= 15 is 0 Å². The Bertz CT molecular complexity index is 636. The van der Waals surface area contributed by atoms with Crippen molar-refractivity contribution in [2.24, 2.45) is 11.8 Å². The molecule has 0 aliphatic carbocycles. The Kier molecular flexibility index (Phi) is 33.9. The SMILES string of the molecule is CCCCCCCCCOC(=O)C(C)CCCCCCN(CCCCCCC(C)C(=O)OCCCCCCCCC)CCCN(C)C. The fourth-order valence-corrected chi connectivity index (χ4v) is 6.21. The largest absolute Gasteiger partial charge is 0.465 e. The second-order valence-electron chi connectivity index (χ2n) is 14.8. The van der Waals surface area contributed by atoms with Crippen LogP contribution in [0, 0.1) is 11.8 Å². The number of hydrogen-bond donors (Lipinski definition) is 0. The summed E-state index contributed by atoms with van der Waals surface area (Å²) in [6.45, 7) is 14.4. The van der Waals surface area contributed by atoms with Crippen molar-refractivity contribution >= 4 is 11.9 Å². The van der Waals surface area contributed by atoms with Crippen LogP contribution in [0.2, 0.25) is 0 Å². The zero-order chi connectivity index (χ0) is 34.8. The number of rotatable bonds is 36. The highest BCUT2D eigenvalue weighted by Crippen LogP contribution is 2.16. The molecule has 0 fully saturated rings. The summed E-state index contributed by atoms with van der Waals surface area (Å²) in [6.07, 6.45) is 30.1. The number of nitrogens with zero attached hydrogens (tertiary/aromatic N) is 2. The van der Waals surface area contributed by atoms with Crippen LogP contribution in [0.1, 0.15) is 188 Å². The number of carbonyl (C=O) groups excluding carboxylic acids is 2. The van der Waals surface area contributed by atoms with E-state index in [2.05, 4.69) is 37.7 Å². The smallest absolute Gasteiger partial charge is 0.308 e. The quantitative estimate of drug-likeness (QED) is 0.0490. The molecule has 0 heterocycles. The molecule has 2 atom stereocenters. The summed E-state index contributed by atoms with van der Waals surface area (Å²) in [6, 6.07) is 0. The molecular formula is C41H82N2O4. The zero-order valence-electron chi connectivity index (χ0n) is 32.6. The van der Waals surface area contributed by atoms with E-state index in [-0.39, 0.29) is 23.8 Å². The van der Waals surface area contributed by atoms with E-state index in [1.54, 1.807) is 0 Å². The van der Waals surface area contributed by atoms with Crippen molar-refractivity contribution in [1.82, 2.24) is 9.80 Å². The van der Waals surface area contributed by atoms with Gasteiger partial charge in [-0.15, -0.1) is 0 Å². The number of hydrogen-bond acceptors (Lipinski definition) is 6. The molecule has 0 saturated carbocycles. The Hall–Kier alpha value is -1.14. The molecule has 0 saturated heterocycles. The summed E-state index contributed by atoms with van der Waals surface area (Å²) in [5.74, 6) is 0.0312. The van der Waals surface area contributed by atoms with E-state index in [0.29, 0.717) is 13.2 Å². The van der Waals surface area contributed by atoms with Crippen molar-refractivity contribution in [1.29, 1.82) is 0 Å². The van der Waals surface area contributed by atoms with Crippen LogP contribution in [-0.2, 0) is 19.1 Å². The highest BCUT2D eigenvalue weighted by molar-refractivity contribution is 5.72. The minimum absolute atomic E-state index is 0.00348. The number of carbonyl (C=O) groups is 2. The van der Waals surface area contributed by atoms with E-state index in [4.69, 9.17) is 9.47 Å². The molecule has 6 nitrogen and oxygen atoms in total. The van der Waals surface area contributed by atoms with Gasteiger partial charge in [0.05, 0.1) is 25.0 Å². The summed E-state index contributed by atoms with van der Waals surface area (Å²) in [7, 11) is 4.31. The van der Waals surface area contributed by atoms with Gasteiger partial charge in [0.1, 0.15) is 0 Å². The van der Waals surface area contributed by atoms with Crippen LogP contribution < -0.4 is 0 Å². The Morgan fingerprint density at radius 3 is 1.19 bits per heavy atom. The van der Waals surface area contributed by atoms with Crippen LogP contribution in [0.25, 0.3) is 0 Å². The van der Waals surface area contributed by atoms with E-state index < -0.39 is 0 Å². The number of ether oxygens (including phenoxy) is 2. The highest BCUT2D eigenvalue weighted by atomic mass is 16.5. The predicted molar refractivity (Wildman–Crippen MR) is 202 cm³/mol. The van der Waals surface area contributed by atoms with Gasteiger partial charge in [-0.3, -0.25) is 9.59 Å². The first kappa shape index (κ1) is 45.9. The van der Waals surface area contributed by atoms with E-state index in [1.165, 1.54) is 142 Å². The van der Waals surface area contributed by atoms with Crippen LogP contribution in [0.3, 0.4) is 0 Å². The normalized spacial score (nSPS) is 12.9. The lowest BCUT2D eigenvalue weighted by molar-refractivity contribution is -0.149. The maximum atomic E-state index is 12.3. The Labute approximate surface area is 293 Å². The summed E-state index contributed by atoms with van der Waals surface area (Å²) < 4.78 is 11.1. The number of esters is 2. The summed E-state index contributed by atoms with van der Waals surface area (Å²) >= 11 is 0. The summed E-state index contributed by atoms with van der Waals surface area (Å²) in [5.41, 5.74) is 0. The molecule has 0 spiro atoms. The topological polar surface area (TPSA) is 59.1 Å². The molecule has 0 amide bonds. The van der Waals surface area contributed by atoms with Gasteiger partial charge in [-0.1, -0.05) is 143 Å². The van der Waals surface area contributed by atoms with E-state index in [1.807, 2.05) is 13.8 Å². The fourth-order valence-electron chi connectivity index (χ4n) is 6.21. The molecule has 0 aromatic carbocycles. The molecule has 0 N–H and O–H groups in total. The van der Waals surface area contributed by atoms with Crippen LogP contribution in [0.15, 0.2) is 0 Å². The molecule has 0 rings (SSSR count). The van der Waals surface area contributed by atoms with Crippen molar-refractivity contribution < 1.29 is 19.1 Å². The van der Waals surface area contributed by atoms with Crippen LogP contribution >= 0.6 is 0 Å². The minimum Gasteiger partial charge on any atom is -0.465 e. The Morgan fingerprint density at radius 1 is 0.447 bits per heavy atom. The highest BCUT2D eigenvalue weighted by Gasteiger charge is 2.15. The monoisotopic (exact) mass is 667 g/mol. The van der Waals surface area contributed by atoms with Gasteiger partial charge in [-0.25, -0.2) is 0 Å². The van der Waals surface area contributed by atoms with Gasteiger partial charge in [0, 0.05) is 0 Å². The third-order valence-corrected chi connectivity index (χ3v) is 9.59. The lowest BCUT2D eigenvalue weighted by Gasteiger charge is -2.23. The minimum atomic E-state index is -0.00348. The van der Waals surface area contributed by atoms with Crippen molar-refractivity contribution in [2.45, 2.75) is 188 Å². The average molecular weight is 667 g/mol. The third-order valence-electron chi connectivity index (χ3n) is 9.59. The average Bonchev–Trinajstić information content (AvgIpc) is 3.05. The second kappa shape index (κ2) is 34.7. The fraction of sp³-hybridized carbons (Fsp3) is 0.951. The van der Waals surface area contributed by atoms with Crippen molar-refractivity contribution in [3.63, 3.8) is 0 Å². The maximum absolute atomic E-state index is 12.3. The van der Waals surface area contributed by atoms with Gasteiger partial charge in [0.25, 0.3) is 0 Å². The molecule has 47 heavy (non-hydrogen) atoms. The summed E-state index contributed by atoms with van der Waals surface area (Å²) in [4.78, 5) is 29.6. The van der Waals surface area contributed by atoms with Gasteiger partial charge in [-0.05, 0) is 85.2 Å². The molecule has 0 bridgehead atoms. The molecular weight excluding hydrogens is 584 g/mol. The van der Waals surface area contributed by atoms with Crippen molar-refractivity contribution in [3.8, 4) is 0 Å². The molecule has 0 aliphatic rings. The van der Waals surface area contributed by atoms with Gasteiger partial charge < -0.3 is 19.3 Å². The first-order chi connectivity index (χ1) is 22.8. The second-order valence-corrected chi connectivity index (χ2v) is 14.8. The molecule has 6 heteroatoms. The molecule has 2 unspecified atom stereocenters. The van der Waals surface area contributed by atoms with Gasteiger partial charge in [0.15, 0.2) is 0 Å². The van der Waals surface area contributed by atoms with Gasteiger partial charge in [0.2, 0.25) is 0 Å². The maximum Gasteiger partial charge on any atom is 0.308 e. The van der Waals surface area contributed by atoms with Gasteiger partial charge in [-0.2, -0.15) is 0 Å². The Morgan fingerprint density at radius 2 is 0.787 bits per heavy atom. The van der Waals surface area contributed by atoms with E-state index in [9.17, 15) is 9.59 Å². The van der Waals surface area contributed by atoms with Crippen LogP contribution in [0.4, 0.5) is 0 Å². The van der Waals surface area contributed by atoms with Crippen LogP contribution in [-0.4, -0.2) is 75.2 Å². The van der Waals surface area contributed by atoms with Crippen molar-refractivity contribution in [2.75, 3.05) is 53.5 Å². The molecule has 0 aliphatic heterocycles. The standard InChI is InChI=1S/C41H82N2O4/c1-7-9-11-13-15-21-27-36-46-40(44)38(3)30-23-17-19-25-33-43(35-29-32-42(5)6)34-26-20-18-24-31-39(4)41(45)47-37-28-22-16-14-12-10-8-2/h38-39H,7-37H2,1-6H3. The summed E-state index contributed by atoms with van der Waals surface area (Å²) in [5, 5.41) is 0. The number of unbranched alkanes of at least 4 members (excludes halogenated alkanes) is 18. The zero-order valence-corrected chi connectivity index (χ0v) is 32.6. The lowest BCUT2D eigenvalue weighted by Crippen LogP contribution is -2.29. The predicted octanol–water partition coefficient (Wildman–Crippen LogP) is 11.0. The molecule has 0 aromatic rings.